The highest BCUT2D eigenvalue weighted by Crippen LogP contribution is 2.30. The molecule has 2 aromatic rings. The fourth-order valence-electron chi connectivity index (χ4n) is 2.99. The molecule has 2 amide bonds. The zero-order valence-corrected chi connectivity index (χ0v) is 18.9. The van der Waals surface area contributed by atoms with Crippen molar-refractivity contribution in [3.63, 3.8) is 0 Å². The van der Waals surface area contributed by atoms with Gasteiger partial charge in [0.05, 0.1) is 25.5 Å². The zero-order chi connectivity index (χ0) is 23.1. The predicted molar refractivity (Wildman–Crippen MR) is 120 cm³/mol. The fraction of sp³-hybridized carbons (Fsp3) is 0.375. The monoisotopic (exact) mass is 426 g/mol. The minimum absolute atomic E-state index is 0.0867. The van der Waals surface area contributed by atoms with Crippen molar-refractivity contribution in [2.75, 3.05) is 24.9 Å². The summed E-state index contributed by atoms with van der Waals surface area (Å²) in [5.41, 5.74) is 3.56. The smallest absolute Gasteiger partial charge is 0.337 e. The third-order valence-corrected chi connectivity index (χ3v) is 4.99. The minimum atomic E-state index is -0.427. The molecular formula is C24H30N2O5. The second-order valence-corrected chi connectivity index (χ2v) is 7.79. The van der Waals surface area contributed by atoms with E-state index in [0.29, 0.717) is 29.1 Å². The Hall–Kier alpha value is -3.35. The van der Waals surface area contributed by atoms with Crippen LogP contribution in [-0.4, -0.2) is 32.0 Å². The summed E-state index contributed by atoms with van der Waals surface area (Å²) in [5, 5.41) is 5.74. The minimum Gasteiger partial charge on any atom is -0.495 e. The molecule has 0 saturated carbocycles. The number of rotatable bonds is 8. The maximum atomic E-state index is 12.7. The van der Waals surface area contributed by atoms with Gasteiger partial charge in [-0.05, 0) is 60.9 Å². The van der Waals surface area contributed by atoms with Crippen LogP contribution in [0, 0.1) is 18.8 Å². The molecule has 31 heavy (non-hydrogen) atoms. The van der Waals surface area contributed by atoms with Crippen LogP contribution in [0.25, 0.3) is 0 Å². The average Bonchev–Trinajstić information content (AvgIpc) is 2.75. The van der Waals surface area contributed by atoms with Crippen molar-refractivity contribution in [2.24, 2.45) is 11.8 Å². The summed E-state index contributed by atoms with van der Waals surface area (Å²) in [6.45, 7) is 7.44. The first-order chi connectivity index (χ1) is 14.7. The molecule has 0 saturated heterocycles. The van der Waals surface area contributed by atoms with E-state index in [9.17, 15) is 14.4 Å². The Balaban J connectivity index is 2.09. The molecule has 1 unspecified atom stereocenters. The SMILES string of the molecule is COC(=O)c1ccc(NC(=O)C(C)Cc2cc(OC)c(NC(=O)C(C)C)cc2C)cc1. The number of amides is 2. The number of ether oxygens (including phenoxy) is 2. The van der Waals surface area contributed by atoms with Gasteiger partial charge in [-0.15, -0.1) is 0 Å². The lowest BCUT2D eigenvalue weighted by Gasteiger charge is -2.18. The maximum absolute atomic E-state index is 12.7. The zero-order valence-electron chi connectivity index (χ0n) is 18.9. The largest absolute Gasteiger partial charge is 0.495 e. The first kappa shape index (κ1) is 23.9. The Morgan fingerprint density at radius 1 is 0.935 bits per heavy atom. The number of aryl methyl sites for hydroxylation is 1. The molecular weight excluding hydrogens is 396 g/mol. The Bertz CT molecular complexity index is 951. The number of benzene rings is 2. The van der Waals surface area contributed by atoms with Crippen LogP contribution in [-0.2, 0) is 20.7 Å². The van der Waals surface area contributed by atoms with E-state index >= 15 is 0 Å². The highest BCUT2D eigenvalue weighted by molar-refractivity contribution is 5.95. The number of methoxy groups -OCH3 is 2. The molecule has 0 bridgehead atoms. The van der Waals surface area contributed by atoms with Crippen LogP contribution in [0.15, 0.2) is 36.4 Å². The summed E-state index contributed by atoms with van der Waals surface area (Å²) >= 11 is 0. The van der Waals surface area contributed by atoms with Crippen LogP contribution in [0.5, 0.6) is 5.75 Å². The van der Waals surface area contributed by atoms with Gasteiger partial charge in [0.15, 0.2) is 0 Å². The molecule has 2 aromatic carbocycles. The number of carbonyl (C=O) groups excluding carboxylic acids is 3. The molecule has 166 valence electrons. The highest BCUT2D eigenvalue weighted by Gasteiger charge is 2.18. The number of anilines is 2. The van der Waals surface area contributed by atoms with Gasteiger partial charge < -0.3 is 20.1 Å². The molecule has 2 rings (SSSR count). The van der Waals surface area contributed by atoms with Crippen molar-refractivity contribution < 1.29 is 23.9 Å². The number of carbonyl (C=O) groups is 3. The second kappa shape index (κ2) is 10.6. The molecule has 0 aliphatic heterocycles. The van der Waals surface area contributed by atoms with Crippen LogP contribution >= 0.6 is 0 Å². The Labute approximate surface area is 183 Å². The molecule has 1 atom stereocenters. The van der Waals surface area contributed by atoms with Crippen LogP contribution < -0.4 is 15.4 Å². The third kappa shape index (κ3) is 6.31. The average molecular weight is 427 g/mol. The lowest BCUT2D eigenvalue weighted by atomic mass is 9.95. The van der Waals surface area contributed by atoms with Crippen molar-refractivity contribution in [1.82, 2.24) is 0 Å². The van der Waals surface area contributed by atoms with E-state index in [1.165, 1.54) is 7.11 Å². The third-order valence-electron chi connectivity index (χ3n) is 4.99. The van der Waals surface area contributed by atoms with Gasteiger partial charge in [-0.1, -0.05) is 20.8 Å². The standard InChI is InChI=1S/C24H30N2O5/c1-14(2)22(27)26-20-12-15(3)18(13-21(20)30-5)11-16(4)23(28)25-19-9-7-17(8-10-19)24(29)31-6/h7-10,12-14,16H,11H2,1-6H3,(H,25,28)(H,26,27). The Morgan fingerprint density at radius 3 is 2.13 bits per heavy atom. The maximum Gasteiger partial charge on any atom is 0.337 e. The quantitative estimate of drug-likeness (QED) is 0.617. The lowest BCUT2D eigenvalue weighted by molar-refractivity contribution is -0.119. The van der Waals surface area contributed by atoms with Gasteiger partial charge in [-0.25, -0.2) is 4.79 Å². The van der Waals surface area contributed by atoms with Gasteiger partial charge >= 0.3 is 5.97 Å². The first-order valence-electron chi connectivity index (χ1n) is 10.1. The Kier molecular flexibility index (Phi) is 8.19. The molecule has 7 heteroatoms. The van der Waals surface area contributed by atoms with E-state index < -0.39 is 5.97 Å². The molecule has 0 aromatic heterocycles. The molecule has 0 aliphatic carbocycles. The van der Waals surface area contributed by atoms with E-state index in [1.54, 1.807) is 31.4 Å². The number of esters is 1. The van der Waals surface area contributed by atoms with E-state index in [-0.39, 0.29) is 23.7 Å². The second-order valence-electron chi connectivity index (χ2n) is 7.79. The van der Waals surface area contributed by atoms with Crippen molar-refractivity contribution in [2.45, 2.75) is 34.1 Å². The van der Waals surface area contributed by atoms with Crippen LogP contribution in [0.3, 0.4) is 0 Å². The van der Waals surface area contributed by atoms with Crippen LogP contribution in [0.4, 0.5) is 11.4 Å². The number of hydrogen-bond donors (Lipinski definition) is 2. The van der Waals surface area contributed by atoms with Crippen LogP contribution in [0.2, 0.25) is 0 Å². The van der Waals surface area contributed by atoms with E-state index in [2.05, 4.69) is 15.4 Å². The summed E-state index contributed by atoms with van der Waals surface area (Å²) in [6, 6.07) is 10.3. The molecule has 7 nitrogen and oxygen atoms in total. The van der Waals surface area contributed by atoms with Crippen LogP contribution in [0.1, 0.15) is 42.3 Å². The number of nitrogens with one attached hydrogen (secondary N) is 2. The van der Waals surface area contributed by atoms with Gasteiger partial charge in [0, 0.05) is 17.5 Å². The molecule has 0 heterocycles. The molecule has 0 radical (unpaired) electrons. The first-order valence-corrected chi connectivity index (χ1v) is 10.1. The summed E-state index contributed by atoms with van der Waals surface area (Å²) in [6.07, 6.45) is 0.507. The van der Waals surface area contributed by atoms with E-state index in [1.807, 2.05) is 39.8 Å². The molecule has 2 N–H and O–H groups in total. The molecule has 0 aliphatic rings. The van der Waals surface area contributed by atoms with Crippen molar-refractivity contribution in [3.05, 3.63) is 53.1 Å². The summed E-state index contributed by atoms with van der Waals surface area (Å²) in [5.74, 6) is -0.544. The van der Waals surface area contributed by atoms with Gasteiger partial charge in [0.2, 0.25) is 11.8 Å². The van der Waals surface area contributed by atoms with Gasteiger partial charge in [-0.2, -0.15) is 0 Å². The summed E-state index contributed by atoms with van der Waals surface area (Å²) < 4.78 is 10.1. The van der Waals surface area contributed by atoms with E-state index in [4.69, 9.17) is 4.74 Å². The van der Waals surface area contributed by atoms with Gasteiger partial charge in [0.1, 0.15) is 5.75 Å². The van der Waals surface area contributed by atoms with E-state index in [0.717, 1.165) is 11.1 Å². The summed E-state index contributed by atoms with van der Waals surface area (Å²) in [7, 11) is 2.87. The normalized spacial score (nSPS) is 11.6. The van der Waals surface area contributed by atoms with Crippen molar-refractivity contribution in [1.29, 1.82) is 0 Å². The number of hydrogen-bond acceptors (Lipinski definition) is 5. The predicted octanol–water partition coefficient (Wildman–Crippen LogP) is 4.20. The fourth-order valence-corrected chi connectivity index (χ4v) is 2.99. The van der Waals surface area contributed by atoms with Gasteiger partial charge in [-0.3, -0.25) is 9.59 Å². The molecule has 0 fully saturated rings. The lowest BCUT2D eigenvalue weighted by Crippen LogP contribution is -2.22. The highest BCUT2D eigenvalue weighted by atomic mass is 16.5. The topological polar surface area (TPSA) is 93.7 Å². The summed E-state index contributed by atoms with van der Waals surface area (Å²) in [4.78, 5) is 36.2. The van der Waals surface area contributed by atoms with Crippen molar-refractivity contribution in [3.8, 4) is 5.75 Å². The van der Waals surface area contributed by atoms with Crippen molar-refractivity contribution >= 4 is 29.2 Å². The molecule has 0 spiro atoms. The Morgan fingerprint density at radius 2 is 1.58 bits per heavy atom. The van der Waals surface area contributed by atoms with Gasteiger partial charge in [0.25, 0.3) is 0 Å².